The van der Waals surface area contributed by atoms with E-state index in [-0.39, 0.29) is 10.9 Å². The quantitative estimate of drug-likeness (QED) is 0.673. The summed E-state index contributed by atoms with van der Waals surface area (Å²) < 4.78 is 1.64. The smallest absolute Gasteiger partial charge is 0.345 e. The van der Waals surface area contributed by atoms with Crippen LogP contribution in [-0.2, 0) is 11.8 Å². The molecule has 1 N–H and O–H groups in total. The minimum atomic E-state index is -0.494. The van der Waals surface area contributed by atoms with Crippen LogP contribution in [0.25, 0.3) is 0 Å². The lowest BCUT2D eigenvalue weighted by Crippen LogP contribution is -2.48. The number of nitrogens with one attached hydrogen (secondary N) is 1. The Kier molecular flexibility index (Phi) is 3.75. The first kappa shape index (κ1) is 14.4. The predicted octanol–water partition coefficient (Wildman–Crippen LogP) is 1.39. The number of piperidine rings is 1. The molecule has 22 heavy (non-hydrogen) atoms. The van der Waals surface area contributed by atoms with Crippen LogP contribution in [-0.4, -0.2) is 38.2 Å². The van der Waals surface area contributed by atoms with Crippen molar-refractivity contribution in [1.29, 1.82) is 0 Å². The van der Waals surface area contributed by atoms with Crippen LogP contribution in [0.15, 0.2) is 18.5 Å². The van der Waals surface area contributed by atoms with Crippen LogP contribution < -0.4 is 10.2 Å². The molecule has 0 radical (unpaired) electrons. The Morgan fingerprint density at radius 3 is 3.00 bits per heavy atom. The second-order valence-corrected chi connectivity index (χ2v) is 5.95. The maximum Gasteiger partial charge on any atom is 0.345 e. The zero-order valence-corrected chi connectivity index (χ0v) is 12.6. The third kappa shape index (κ3) is 2.77. The molecule has 1 unspecified atom stereocenters. The van der Waals surface area contributed by atoms with E-state index in [4.69, 9.17) is 0 Å². The molecule has 1 saturated heterocycles. The van der Waals surface area contributed by atoms with Crippen molar-refractivity contribution in [2.24, 2.45) is 7.05 Å². The predicted molar refractivity (Wildman–Crippen MR) is 81.0 cm³/mol. The Labute approximate surface area is 129 Å². The average Bonchev–Trinajstić information content (AvgIpc) is 3.10. The molecule has 2 aromatic rings. The van der Waals surface area contributed by atoms with Crippen LogP contribution in [0.3, 0.4) is 0 Å². The van der Waals surface area contributed by atoms with Crippen LogP contribution in [0, 0.1) is 10.1 Å². The Hall–Kier alpha value is -2.49. The summed E-state index contributed by atoms with van der Waals surface area (Å²) in [5.74, 6) is 0.520. The SMILES string of the molecule is Cn1ccc(N2CCCC(Nc3ncc([N+](=O)[O-])s3)C2=O)n1. The van der Waals surface area contributed by atoms with Gasteiger partial charge in [-0.2, -0.15) is 5.10 Å². The van der Waals surface area contributed by atoms with E-state index in [0.29, 0.717) is 23.9 Å². The molecule has 1 aliphatic heterocycles. The number of carbonyl (C=O) groups excluding carboxylic acids is 1. The zero-order valence-electron chi connectivity index (χ0n) is 11.8. The first-order chi connectivity index (χ1) is 10.5. The molecule has 1 atom stereocenters. The molecule has 116 valence electrons. The number of rotatable bonds is 4. The third-order valence-electron chi connectivity index (χ3n) is 3.39. The van der Waals surface area contributed by atoms with E-state index in [1.807, 2.05) is 0 Å². The lowest BCUT2D eigenvalue weighted by molar-refractivity contribution is -0.380. The van der Waals surface area contributed by atoms with E-state index in [1.54, 1.807) is 28.9 Å². The van der Waals surface area contributed by atoms with Crippen molar-refractivity contribution in [2.75, 3.05) is 16.8 Å². The highest BCUT2D eigenvalue weighted by atomic mass is 32.1. The number of amides is 1. The number of thiazole rings is 1. The summed E-state index contributed by atoms with van der Waals surface area (Å²) in [5.41, 5.74) is 0. The van der Waals surface area contributed by atoms with Crippen molar-refractivity contribution in [3.63, 3.8) is 0 Å². The van der Waals surface area contributed by atoms with Crippen molar-refractivity contribution in [1.82, 2.24) is 14.8 Å². The molecular formula is C12H14N6O3S. The lowest BCUT2D eigenvalue weighted by atomic mass is 10.1. The van der Waals surface area contributed by atoms with E-state index in [9.17, 15) is 14.9 Å². The second-order valence-electron chi connectivity index (χ2n) is 4.94. The molecule has 1 fully saturated rings. The Morgan fingerprint density at radius 2 is 2.36 bits per heavy atom. The molecule has 1 aliphatic rings. The van der Waals surface area contributed by atoms with Gasteiger partial charge < -0.3 is 5.32 Å². The van der Waals surface area contributed by atoms with E-state index in [1.165, 1.54) is 6.20 Å². The van der Waals surface area contributed by atoms with Gasteiger partial charge in [-0.05, 0) is 24.2 Å². The first-order valence-electron chi connectivity index (χ1n) is 6.72. The van der Waals surface area contributed by atoms with Gasteiger partial charge in [-0.3, -0.25) is 24.5 Å². The summed E-state index contributed by atoms with van der Waals surface area (Å²) in [7, 11) is 1.79. The summed E-state index contributed by atoms with van der Waals surface area (Å²) in [4.78, 5) is 28.3. The molecular weight excluding hydrogens is 308 g/mol. The Balaban J connectivity index is 1.73. The number of carbonyl (C=O) groups is 1. The van der Waals surface area contributed by atoms with Gasteiger partial charge in [0.1, 0.15) is 12.2 Å². The molecule has 9 nitrogen and oxygen atoms in total. The molecule has 2 aromatic heterocycles. The number of aryl methyl sites for hydroxylation is 1. The third-order valence-corrected chi connectivity index (χ3v) is 4.27. The fourth-order valence-electron chi connectivity index (χ4n) is 2.35. The van der Waals surface area contributed by atoms with E-state index >= 15 is 0 Å². The van der Waals surface area contributed by atoms with Gasteiger partial charge >= 0.3 is 5.00 Å². The average molecular weight is 322 g/mol. The van der Waals surface area contributed by atoms with Crippen LogP contribution in [0.2, 0.25) is 0 Å². The number of hydrogen-bond donors (Lipinski definition) is 1. The van der Waals surface area contributed by atoms with Gasteiger partial charge in [0.15, 0.2) is 10.9 Å². The fourth-order valence-corrected chi connectivity index (χ4v) is 3.03. The lowest BCUT2D eigenvalue weighted by Gasteiger charge is -2.30. The van der Waals surface area contributed by atoms with E-state index in [0.717, 1.165) is 17.8 Å². The van der Waals surface area contributed by atoms with Gasteiger partial charge in [0.2, 0.25) is 0 Å². The van der Waals surface area contributed by atoms with Gasteiger partial charge in [-0.1, -0.05) is 0 Å². The fraction of sp³-hybridized carbons (Fsp3) is 0.417. The summed E-state index contributed by atoms with van der Waals surface area (Å²) >= 11 is 0.926. The van der Waals surface area contributed by atoms with Gasteiger partial charge in [0.05, 0.1) is 4.92 Å². The van der Waals surface area contributed by atoms with Crippen molar-refractivity contribution in [3.05, 3.63) is 28.6 Å². The molecule has 0 aliphatic carbocycles. The molecule has 3 rings (SSSR count). The summed E-state index contributed by atoms with van der Waals surface area (Å²) in [5, 5.41) is 18.2. The maximum atomic E-state index is 12.5. The first-order valence-corrected chi connectivity index (χ1v) is 7.54. The Bertz CT molecular complexity index is 711. The highest BCUT2D eigenvalue weighted by Crippen LogP contribution is 2.27. The topological polar surface area (TPSA) is 106 Å². The highest BCUT2D eigenvalue weighted by Gasteiger charge is 2.31. The van der Waals surface area contributed by atoms with Crippen LogP contribution in [0.4, 0.5) is 16.0 Å². The van der Waals surface area contributed by atoms with Gasteiger partial charge in [-0.15, -0.1) is 0 Å². The molecule has 1 amide bonds. The summed E-state index contributed by atoms with van der Waals surface area (Å²) in [6.45, 7) is 0.617. The normalized spacial score (nSPS) is 18.5. The molecule has 0 spiro atoms. The standard InChI is InChI=1S/C12H14N6O3S/c1-16-6-4-9(15-16)17-5-2-3-8(11(17)19)14-12-13-7-10(22-12)18(20)21/h4,6-8H,2-3,5H2,1H3,(H,13,14). The molecule has 0 bridgehead atoms. The zero-order chi connectivity index (χ0) is 15.7. The Morgan fingerprint density at radius 1 is 1.55 bits per heavy atom. The van der Waals surface area contributed by atoms with Crippen molar-refractivity contribution < 1.29 is 9.72 Å². The number of nitro groups is 1. The van der Waals surface area contributed by atoms with Crippen molar-refractivity contribution in [2.45, 2.75) is 18.9 Å². The van der Waals surface area contributed by atoms with Gasteiger partial charge in [0.25, 0.3) is 5.91 Å². The van der Waals surface area contributed by atoms with Crippen LogP contribution >= 0.6 is 11.3 Å². The molecule has 0 saturated carbocycles. The largest absolute Gasteiger partial charge is 0.350 e. The number of anilines is 2. The molecule has 3 heterocycles. The van der Waals surface area contributed by atoms with Crippen molar-refractivity contribution >= 4 is 33.2 Å². The highest BCUT2D eigenvalue weighted by molar-refractivity contribution is 7.18. The van der Waals surface area contributed by atoms with Crippen LogP contribution in [0.1, 0.15) is 12.8 Å². The van der Waals surface area contributed by atoms with E-state index < -0.39 is 11.0 Å². The molecule has 10 heteroatoms. The monoisotopic (exact) mass is 322 g/mol. The number of hydrogen-bond acceptors (Lipinski definition) is 7. The number of aromatic nitrogens is 3. The minimum Gasteiger partial charge on any atom is -0.350 e. The molecule has 0 aromatic carbocycles. The minimum absolute atomic E-state index is 0.0488. The summed E-state index contributed by atoms with van der Waals surface area (Å²) in [6.07, 6.45) is 4.46. The van der Waals surface area contributed by atoms with Crippen molar-refractivity contribution in [3.8, 4) is 0 Å². The van der Waals surface area contributed by atoms with E-state index in [2.05, 4.69) is 15.4 Å². The van der Waals surface area contributed by atoms with Crippen LogP contribution in [0.5, 0.6) is 0 Å². The number of nitrogens with zero attached hydrogens (tertiary/aromatic N) is 5. The van der Waals surface area contributed by atoms with Gasteiger partial charge in [0, 0.05) is 25.9 Å². The maximum absolute atomic E-state index is 12.5. The second kappa shape index (κ2) is 5.72. The summed E-state index contributed by atoms with van der Waals surface area (Å²) in [6, 6.07) is 1.34. The van der Waals surface area contributed by atoms with Gasteiger partial charge in [-0.25, -0.2) is 4.98 Å².